The minimum absolute atomic E-state index is 0.0842. The predicted molar refractivity (Wildman–Crippen MR) is 401 cm³/mol. The van der Waals surface area contributed by atoms with Gasteiger partial charge in [0.15, 0.2) is 5.65 Å². The number of hydrogen-bond acceptors (Lipinski definition) is 7. The van der Waals surface area contributed by atoms with E-state index in [2.05, 4.69) is 294 Å². The summed E-state index contributed by atoms with van der Waals surface area (Å²) >= 11 is 0. The van der Waals surface area contributed by atoms with E-state index in [1.165, 1.54) is 80.4 Å². The van der Waals surface area contributed by atoms with Gasteiger partial charge in [-0.25, -0.2) is 14.5 Å². The predicted octanol–water partition coefficient (Wildman–Crippen LogP) is 20.6. The third-order valence-electron chi connectivity index (χ3n) is 18.1. The highest BCUT2D eigenvalue weighted by Gasteiger charge is 2.27. The Kier molecular flexibility index (Phi) is 22.0. The highest BCUT2D eigenvalue weighted by atomic mass is 16.5. The summed E-state index contributed by atoms with van der Waals surface area (Å²) in [7, 11) is 0. The molecule has 0 unspecified atom stereocenters. The molecule has 0 atom stereocenters. The molecule has 0 bridgehead atoms. The smallest absolute Gasteiger partial charge is 0.315 e. The van der Waals surface area contributed by atoms with Gasteiger partial charge < -0.3 is 24.8 Å². The molecule has 1 aliphatic carbocycles. The van der Waals surface area contributed by atoms with Crippen molar-refractivity contribution in [1.82, 2.24) is 29.5 Å². The zero-order valence-electron chi connectivity index (χ0n) is 62.6. The van der Waals surface area contributed by atoms with Crippen LogP contribution in [-0.4, -0.2) is 48.0 Å². The number of fused-ring (bicyclic) bond motifs is 7. The number of amides is 1. The van der Waals surface area contributed by atoms with E-state index < -0.39 is 0 Å². The molecule has 4 aromatic heterocycles. The number of aromatic nitrogens is 6. The molecule has 3 aliphatic heterocycles. The second-order valence-corrected chi connectivity index (χ2v) is 33.8. The molecule has 7 heterocycles. The molecule has 6 aromatic carbocycles. The first-order valence-corrected chi connectivity index (χ1v) is 34.5. The van der Waals surface area contributed by atoms with Crippen LogP contribution < -0.4 is 14.8 Å². The number of pyridine rings is 1. The number of nitrogens with one attached hydrogen (secondary N) is 3. The zero-order valence-corrected chi connectivity index (χ0v) is 62.6. The number of carbonyl (C=O) groups excluding carboxylic acids is 2. The van der Waals surface area contributed by atoms with Crippen molar-refractivity contribution in [3.63, 3.8) is 0 Å². The Bertz CT molecular complexity index is 4250. The lowest BCUT2D eigenvalue weighted by Crippen LogP contribution is -2.13. The largest absolute Gasteiger partial charge is 0.493 e. The first-order valence-electron chi connectivity index (χ1n) is 34.5. The van der Waals surface area contributed by atoms with Crippen LogP contribution in [0, 0.1) is 20.8 Å². The molecular weight excluding hydrogens is 1180 g/mol. The second-order valence-electron chi connectivity index (χ2n) is 33.8. The van der Waals surface area contributed by atoms with Gasteiger partial charge in [0.2, 0.25) is 5.91 Å². The molecular formula is C85H111N7O4. The number of aromatic amines is 2. The summed E-state index contributed by atoms with van der Waals surface area (Å²) in [6, 6.07) is 42.9. The maximum atomic E-state index is 11.1. The third kappa shape index (κ3) is 19.0. The Morgan fingerprint density at radius 3 is 1.72 bits per heavy atom. The van der Waals surface area contributed by atoms with Gasteiger partial charge in [0, 0.05) is 46.1 Å². The van der Waals surface area contributed by atoms with E-state index >= 15 is 0 Å². The fourth-order valence-corrected chi connectivity index (χ4v) is 12.0. The molecule has 0 saturated carbocycles. The summed E-state index contributed by atoms with van der Waals surface area (Å²) in [5.74, 6) is 2.83. The van der Waals surface area contributed by atoms with Crippen LogP contribution in [0.3, 0.4) is 0 Å². The number of hydrogen-bond donors (Lipinski definition) is 3. The van der Waals surface area contributed by atoms with Crippen molar-refractivity contribution in [1.29, 1.82) is 0 Å². The SMILES string of the molecule is CC(C)(C)c1ccc2c(c1)CCO2.CC(C)(C)c1ccc2c(c1)NC(=O)C2.CC(C)(C)c1ccc2c(c1)OC(=O)C2.CC(C)(C)c1cccc2c1CCC2.CC(C)(C)c1cccn2ncnc12.Cc1cc2cc(C(C)(C)C)ccc2[nH]1.Cc1cc2nc(C(C)(C)C)[nH]c2cc1C. The van der Waals surface area contributed by atoms with Crippen LogP contribution in [0.1, 0.15) is 236 Å². The van der Waals surface area contributed by atoms with E-state index in [1.54, 1.807) is 27.5 Å². The Balaban J connectivity index is 0.000000143. The standard InChI is InChI=1S/C13H18N2.C13H17N.C13H18.C12H15NO.C12H14O2.C12H16O.C10H13N3/c1-8-6-10-11(7-9(8)2)15-12(14-10)13(3,4)5;1-9-7-10-8-11(13(2,3)4)5-6-12(10)14-9;1-13(2,3)12-9-5-7-10-6-4-8-11(10)12;1-12(2,3)9-5-4-8-6-11(14)13-10(8)7-9;1-12(2,3)9-5-4-8-6-11(13)14-10(8)7-9;1-12(2,3)10-4-5-11-9(8-10)6-7-13-11;1-10(2,3)8-5-4-6-13-9(8)11-7-12-13/h6-7H,1-5H3,(H,14,15);5-8,14H,1-4H3;5,7,9H,4,6,8H2,1-3H3;4-5,7H,6H2,1-3H3,(H,13,14);4-5,7H,6H2,1-3H3;4-5,8H,6-7H2,1-3H3;4-7H,1-3H3. The second kappa shape index (κ2) is 28.8. The highest BCUT2D eigenvalue weighted by Crippen LogP contribution is 2.36. The monoisotopic (exact) mass is 1290 g/mol. The van der Waals surface area contributed by atoms with Crippen molar-refractivity contribution in [2.45, 2.75) is 243 Å². The molecule has 1 amide bonds. The number of esters is 1. The van der Waals surface area contributed by atoms with Crippen molar-refractivity contribution in [2.24, 2.45) is 0 Å². The topological polar surface area (TPSA) is 139 Å². The van der Waals surface area contributed by atoms with Crippen LogP contribution >= 0.6 is 0 Å². The number of anilines is 1. The number of benzene rings is 6. The lowest BCUT2D eigenvalue weighted by Gasteiger charge is -2.22. The molecule has 11 nitrogen and oxygen atoms in total. The molecule has 96 heavy (non-hydrogen) atoms. The Hall–Kier alpha value is -8.31. The number of rotatable bonds is 0. The summed E-state index contributed by atoms with van der Waals surface area (Å²) in [6.45, 7) is 53.6. The van der Waals surface area contributed by atoms with Crippen LogP contribution in [-0.2, 0) is 79.6 Å². The van der Waals surface area contributed by atoms with E-state index in [-0.39, 0.29) is 44.4 Å². The molecule has 510 valence electrons. The Labute approximate surface area is 574 Å². The first-order chi connectivity index (χ1) is 44.5. The number of carbonyl (C=O) groups is 2. The van der Waals surface area contributed by atoms with Gasteiger partial charge in [0.25, 0.3) is 0 Å². The minimum Gasteiger partial charge on any atom is -0.493 e. The van der Waals surface area contributed by atoms with Gasteiger partial charge in [-0.05, 0) is 194 Å². The molecule has 11 heteroatoms. The van der Waals surface area contributed by atoms with Crippen molar-refractivity contribution in [3.8, 4) is 11.5 Å². The summed E-state index contributed by atoms with van der Waals surface area (Å²) in [4.78, 5) is 37.8. The molecule has 0 radical (unpaired) electrons. The number of imidazole rings is 1. The Morgan fingerprint density at radius 1 is 0.479 bits per heavy atom. The average molecular weight is 1290 g/mol. The lowest BCUT2D eigenvalue weighted by molar-refractivity contribution is -0.131. The van der Waals surface area contributed by atoms with Crippen LogP contribution in [0.15, 0.2) is 134 Å². The molecule has 4 aliphatic rings. The van der Waals surface area contributed by atoms with Crippen molar-refractivity contribution in [3.05, 3.63) is 218 Å². The molecule has 14 rings (SSSR count). The number of ether oxygens (including phenoxy) is 2. The van der Waals surface area contributed by atoms with E-state index in [4.69, 9.17) is 9.47 Å². The van der Waals surface area contributed by atoms with Crippen LogP contribution in [0.2, 0.25) is 0 Å². The van der Waals surface area contributed by atoms with Crippen molar-refractivity contribution >= 4 is 45.1 Å². The van der Waals surface area contributed by atoms with Gasteiger partial charge >= 0.3 is 5.97 Å². The van der Waals surface area contributed by atoms with Gasteiger partial charge in [-0.15, -0.1) is 0 Å². The molecule has 0 spiro atoms. The maximum absolute atomic E-state index is 11.1. The third-order valence-corrected chi connectivity index (χ3v) is 18.1. The molecule has 0 saturated heterocycles. The lowest BCUT2D eigenvalue weighted by atomic mass is 9.83. The van der Waals surface area contributed by atoms with E-state index in [0.717, 1.165) is 63.8 Å². The quantitative estimate of drug-likeness (QED) is 0.101. The normalized spacial score (nSPS) is 14.0. The van der Waals surface area contributed by atoms with Crippen molar-refractivity contribution < 1.29 is 19.1 Å². The van der Waals surface area contributed by atoms with E-state index in [1.807, 2.05) is 30.5 Å². The molecule has 0 fully saturated rings. The van der Waals surface area contributed by atoms with Crippen LogP contribution in [0.4, 0.5) is 5.69 Å². The van der Waals surface area contributed by atoms with Crippen molar-refractivity contribution in [2.75, 3.05) is 11.9 Å². The molecule has 10 aromatic rings. The number of aryl methyl sites for hydroxylation is 4. The summed E-state index contributed by atoms with van der Waals surface area (Å²) in [5, 5.41) is 8.28. The Morgan fingerprint density at radius 2 is 1.07 bits per heavy atom. The molecule has 3 N–H and O–H groups in total. The van der Waals surface area contributed by atoms with Gasteiger partial charge in [-0.1, -0.05) is 212 Å². The van der Waals surface area contributed by atoms with Gasteiger partial charge in [0.05, 0.1) is 30.5 Å². The summed E-state index contributed by atoms with van der Waals surface area (Å²) in [5.41, 5.74) is 25.2. The van der Waals surface area contributed by atoms with Gasteiger partial charge in [0.1, 0.15) is 23.7 Å². The fraction of sp³-hybridized carbons (Fsp3) is 0.447. The maximum Gasteiger partial charge on any atom is 0.315 e. The fourth-order valence-electron chi connectivity index (χ4n) is 12.0. The van der Waals surface area contributed by atoms with Gasteiger partial charge in [-0.2, -0.15) is 5.10 Å². The van der Waals surface area contributed by atoms with Crippen LogP contribution in [0.25, 0.3) is 27.6 Å². The zero-order chi connectivity index (χ0) is 70.7. The van der Waals surface area contributed by atoms with E-state index in [0.29, 0.717) is 18.3 Å². The summed E-state index contributed by atoms with van der Waals surface area (Å²) in [6.07, 6.45) is 9.45. The minimum atomic E-state index is -0.147. The first kappa shape index (κ1) is 73.5. The number of H-pyrrole nitrogens is 2. The van der Waals surface area contributed by atoms with Crippen LogP contribution in [0.5, 0.6) is 11.5 Å². The van der Waals surface area contributed by atoms with Gasteiger partial charge in [-0.3, -0.25) is 9.59 Å². The number of nitrogens with zero attached hydrogens (tertiary/aromatic N) is 4. The highest BCUT2D eigenvalue weighted by molar-refractivity contribution is 5.99. The summed E-state index contributed by atoms with van der Waals surface area (Å²) < 4.78 is 12.4. The van der Waals surface area contributed by atoms with E-state index in [9.17, 15) is 9.59 Å². The average Bonchev–Trinajstić information content (AvgIpc) is 1.65.